The van der Waals surface area contributed by atoms with Gasteiger partial charge in [0.2, 0.25) is 5.88 Å². The number of nitrogens with zero attached hydrogens (tertiary/aromatic N) is 4. The number of hydrogen-bond acceptors (Lipinski definition) is 6. The van der Waals surface area contributed by atoms with Gasteiger partial charge in [-0.1, -0.05) is 12.1 Å². The summed E-state index contributed by atoms with van der Waals surface area (Å²) in [6.07, 6.45) is 9.07. The first-order chi connectivity index (χ1) is 14.8. The molecule has 0 saturated heterocycles. The van der Waals surface area contributed by atoms with Crippen molar-refractivity contribution in [3.8, 4) is 11.6 Å². The molecule has 0 atom stereocenters. The Bertz CT molecular complexity index is 1170. The zero-order valence-electron chi connectivity index (χ0n) is 16.9. The number of ether oxygens (including phenoxy) is 2. The lowest BCUT2D eigenvalue weighted by Crippen LogP contribution is -2.20. The molecule has 0 spiro atoms. The Hall–Kier alpha value is -3.28. The topological polar surface area (TPSA) is 70.0 Å². The highest BCUT2D eigenvalue weighted by atomic mass is 16.5. The van der Waals surface area contributed by atoms with E-state index in [1.165, 1.54) is 0 Å². The highest BCUT2D eigenvalue weighted by molar-refractivity contribution is 5.84. The Labute approximate surface area is 175 Å². The van der Waals surface area contributed by atoms with Gasteiger partial charge in [0.15, 0.2) is 0 Å². The van der Waals surface area contributed by atoms with Crippen LogP contribution in [0.15, 0.2) is 48.8 Å². The SMILES string of the molecule is COc1ccc2ncnc(OCC3CCC(c4[c]nc5ccccc5n4)CC3)c2c1. The predicted octanol–water partition coefficient (Wildman–Crippen LogP) is 4.73. The number of aromatic nitrogens is 4. The third-order valence-corrected chi connectivity index (χ3v) is 5.91. The lowest BCUT2D eigenvalue weighted by Gasteiger charge is -2.27. The van der Waals surface area contributed by atoms with Gasteiger partial charge in [0.05, 0.1) is 41.3 Å². The minimum atomic E-state index is 0.419. The van der Waals surface area contributed by atoms with Crippen LogP contribution in [0.3, 0.4) is 0 Å². The van der Waals surface area contributed by atoms with E-state index >= 15 is 0 Å². The first-order valence-electron chi connectivity index (χ1n) is 10.4. The molecule has 2 aromatic heterocycles. The Morgan fingerprint density at radius 3 is 2.63 bits per heavy atom. The molecule has 6 heteroatoms. The van der Waals surface area contributed by atoms with Gasteiger partial charge in [-0.3, -0.25) is 0 Å². The minimum Gasteiger partial charge on any atom is -0.497 e. The van der Waals surface area contributed by atoms with Gasteiger partial charge in [0.1, 0.15) is 18.3 Å². The van der Waals surface area contributed by atoms with E-state index in [0.29, 0.717) is 24.3 Å². The van der Waals surface area contributed by atoms with Crippen LogP contribution in [0.4, 0.5) is 0 Å². The molecule has 0 aliphatic heterocycles. The predicted molar refractivity (Wildman–Crippen MR) is 115 cm³/mol. The van der Waals surface area contributed by atoms with Gasteiger partial charge in [-0.05, 0) is 61.9 Å². The summed E-state index contributed by atoms with van der Waals surface area (Å²) in [5, 5.41) is 0.881. The van der Waals surface area contributed by atoms with Crippen LogP contribution < -0.4 is 9.47 Å². The average molecular weight is 399 g/mol. The molecule has 1 aliphatic carbocycles. The molecule has 1 saturated carbocycles. The van der Waals surface area contributed by atoms with Gasteiger partial charge < -0.3 is 9.47 Å². The third kappa shape index (κ3) is 3.77. The summed E-state index contributed by atoms with van der Waals surface area (Å²) in [7, 11) is 1.65. The van der Waals surface area contributed by atoms with E-state index in [0.717, 1.165) is 59.1 Å². The summed E-state index contributed by atoms with van der Waals surface area (Å²) in [5.74, 6) is 2.32. The first-order valence-corrected chi connectivity index (χ1v) is 10.4. The number of rotatable bonds is 5. The number of benzene rings is 2. The molecule has 1 radical (unpaired) electrons. The second-order valence-electron chi connectivity index (χ2n) is 7.80. The van der Waals surface area contributed by atoms with E-state index in [1.807, 2.05) is 42.5 Å². The largest absolute Gasteiger partial charge is 0.497 e. The summed E-state index contributed by atoms with van der Waals surface area (Å²) >= 11 is 0. The van der Waals surface area contributed by atoms with Crippen LogP contribution in [0.1, 0.15) is 37.3 Å². The highest BCUT2D eigenvalue weighted by Crippen LogP contribution is 2.35. The van der Waals surface area contributed by atoms with Gasteiger partial charge >= 0.3 is 0 Å². The molecule has 0 amide bonds. The molecule has 6 nitrogen and oxygen atoms in total. The maximum Gasteiger partial charge on any atom is 0.224 e. The molecular weight excluding hydrogens is 376 g/mol. The zero-order valence-corrected chi connectivity index (χ0v) is 16.9. The van der Waals surface area contributed by atoms with Gasteiger partial charge in [0.25, 0.3) is 0 Å². The molecule has 0 unspecified atom stereocenters. The Morgan fingerprint density at radius 1 is 0.967 bits per heavy atom. The number of methoxy groups -OCH3 is 1. The van der Waals surface area contributed by atoms with E-state index in [2.05, 4.69) is 21.1 Å². The summed E-state index contributed by atoms with van der Waals surface area (Å²) < 4.78 is 11.4. The van der Waals surface area contributed by atoms with Crippen LogP contribution >= 0.6 is 0 Å². The maximum absolute atomic E-state index is 6.11. The number of fused-ring (bicyclic) bond motifs is 2. The third-order valence-electron chi connectivity index (χ3n) is 5.91. The van der Waals surface area contributed by atoms with Crippen LogP contribution in [0, 0.1) is 12.1 Å². The second kappa shape index (κ2) is 8.22. The summed E-state index contributed by atoms with van der Waals surface area (Å²) in [4.78, 5) is 17.9. The highest BCUT2D eigenvalue weighted by Gasteiger charge is 2.25. The van der Waals surface area contributed by atoms with E-state index in [4.69, 9.17) is 14.5 Å². The molecule has 151 valence electrons. The molecular formula is C24H23N4O2. The van der Waals surface area contributed by atoms with Crippen molar-refractivity contribution in [2.45, 2.75) is 31.6 Å². The summed E-state index contributed by atoms with van der Waals surface area (Å²) in [6, 6.07) is 13.7. The van der Waals surface area contributed by atoms with E-state index in [1.54, 1.807) is 13.4 Å². The fraction of sp³-hybridized carbons (Fsp3) is 0.333. The van der Waals surface area contributed by atoms with Crippen LogP contribution in [-0.2, 0) is 0 Å². The van der Waals surface area contributed by atoms with Crippen molar-refractivity contribution in [1.82, 2.24) is 19.9 Å². The molecule has 1 aliphatic rings. The van der Waals surface area contributed by atoms with Crippen LogP contribution in [0.5, 0.6) is 11.6 Å². The lowest BCUT2D eigenvalue weighted by molar-refractivity contribution is 0.195. The molecule has 4 aromatic rings. The van der Waals surface area contributed by atoms with E-state index in [-0.39, 0.29) is 0 Å². The molecule has 0 bridgehead atoms. The lowest BCUT2D eigenvalue weighted by atomic mass is 9.81. The summed E-state index contributed by atoms with van der Waals surface area (Å²) in [5.41, 5.74) is 3.69. The van der Waals surface area contributed by atoms with Crippen LogP contribution in [0.25, 0.3) is 21.9 Å². The molecule has 0 N–H and O–H groups in total. The van der Waals surface area contributed by atoms with Gasteiger partial charge in [-0.2, -0.15) is 0 Å². The quantitative estimate of drug-likeness (QED) is 0.483. The van der Waals surface area contributed by atoms with E-state index < -0.39 is 0 Å². The molecule has 1 fully saturated rings. The Morgan fingerprint density at radius 2 is 1.80 bits per heavy atom. The molecule has 30 heavy (non-hydrogen) atoms. The minimum absolute atomic E-state index is 0.419. The van der Waals surface area contributed by atoms with Crippen LogP contribution in [-0.4, -0.2) is 33.7 Å². The number of hydrogen-bond donors (Lipinski definition) is 0. The van der Waals surface area contributed by atoms with Crippen molar-refractivity contribution in [3.05, 3.63) is 60.7 Å². The normalized spacial score (nSPS) is 19.1. The molecule has 5 rings (SSSR count). The zero-order chi connectivity index (χ0) is 20.3. The van der Waals surface area contributed by atoms with Crippen molar-refractivity contribution in [2.75, 3.05) is 13.7 Å². The molecule has 2 aromatic carbocycles. The Kier molecular flexibility index (Phi) is 5.13. The fourth-order valence-electron chi connectivity index (χ4n) is 4.16. The van der Waals surface area contributed by atoms with Crippen molar-refractivity contribution >= 4 is 21.9 Å². The first kappa shape index (κ1) is 18.7. The van der Waals surface area contributed by atoms with Crippen molar-refractivity contribution < 1.29 is 9.47 Å². The van der Waals surface area contributed by atoms with Crippen LogP contribution in [0.2, 0.25) is 0 Å². The average Bonchev–Trinajstić information content (AvgIpc) is 2.82. The monoisotopic (exact) mass is 399 g/mol. The maximum atomic E-state index is 6.11. The van der Waals surface area contributed by atoms with Gasteiger partial charge in [-0.25, -0.2) is 19.9 Å². The van der Waals surface area contributed by atoms with Crippen molar-refractivity contribution in [1.29, 1.82) is 0 Å². The van der Waals surface area contributed by atoms with E-state index in [9.17, 15) is 0 Å². The summed E-state index contributed by atoms with van der Waals surface area (Å²) in [6.45, 7) is 0.656. The van der Waals surface area contributed by atoms with Gasteiger partial charge in [0, 0.05) is 5.92 Å². The fourth-order valence-corrected chi connectivity index (χ4v) is 4.16. The Balaban J connectivity index is 1.23. The number of para-hydroxylation sites is 2. The van der Waals surface area contributed by atoms with Gasteiger partial charge in [-0.15, -0.1) is 0 Å². The smallest absolute Gasteiger partial charge is 0.224 e. The van der Waals surface area contributed by atoms with Crippen molar-refractivity contribution in [2.24, 2.45) is 5.92 Å². The second-order valence-corrected chi connectivity index (χ2v) is 7.80. The standard InChI is InChI=1S/C24H23N4O2/c1-29-18-10-11-20-19(12-18)24(27-15-26-20)30-14-16-6-8-17(9-7-16)23-13-25-21-4-2-3-5-22(21)28-23/h2-5,10-12,15-17H,6-9,14H2,1H3. The molecule has 2 heterocycles. The van der Waals surface area contributed by atoms with Crippen molar-refractivity contribution in [3.63, 3.8) is 0 Å².